The van der Waals surface area contributed by atoms with Gasteiger partial charge in [-0.15, -0.1) is 11.3 Å². The van der Waals surface area contributed by atoms with Gasteiger partial charge in [0.15, 0.2) is 0 Å². The molecule has 0 spiro atoms. The summed E-state index contributed by atoms with van der Waals surface area (Å²) in [7, 11) is 0. The summed E-state index contributed by atoms with van der Waals surface area (Å²) >= 11 is 1.87. The standard InChI is InChI=1S/C46H41NS/c1-32-29-37(34-11-3-2-4-12-34)19-25-43(32)47(40-24-26-45-42(30-40)41-13-5-6-14-44(41)48-45)39-22-17-36(18-23-39)35-15-20-38(21-16-35)46-27-7-9-33(31-46)10-8-28-46/h2-6,11-26,29-30,33H,7-10,27-28,31H2,1H3. The highest BCUT2D eigenvalue weighted by atomic mass is 32.1. The van der Waals surface area contributed by atoms with Crippen LogP contribution < -0.4 is 4.90 Å². The minimum atomic E-state index is 0.423. The highest BCUT2D eigenvalue weighted by Crippen LogP contribution is 2.51. The fraction of sp³-hybridized carbons (Fsp3) is 0.217. The molecule has 0 amide bonds. The summed E-state index contributed by atoms with van der Waals surface area (Å²) < 4.78 is 2.66. The molecule has 1 aromatic heterocycles. The van der Waals surface area contributed by atoms with Crippen LogP contribution in [0, 0.1) is 12.8 Å². The van der Waals surface area contributed by atoms with Crippen molar-refractivity contribution in [3.05, 3.63) is 151 Å². The van der Waals surface area contributed by atoms with Crippen molar-refractivity contribution in [3.63, 3.8) is 0 Å². The number of aryl methyl sites for hydroxylation is 1. The van der Waals surface area contributed by atoms with Crippen molar-refractivity contribution in [1.82, 2.24) is 0 Å². The Kier molecular flexibility index (Phi) is 7.43. The Morgan fingerprint density at radius 3 is 1.94 bits per heavy atom. The number of nitrogens with zero attached hydrogens (tertiary/aromatic N) is 1. The minimum absolute atomic E-state index is 0.423. The molecule has 2 aliphatic carbocycles. The van der Waals surface area contributed by atoms with Gasteiger partial charge in [0.05, 0.1) is 0 Å². The number of thiophene rings is 1. The van der Waals surface area contributed by atoms with E-state index in [1.807, 2.05) is 11.3 Å². The largest absolute Gasteiger partial charge is 0.310 e. The lowest BCUT2D eigenvalue weighted by Gasteiger charge is -2.46. The molecular weight excluding hydrogens is 599 g/mol. The third kappa shape index (κ3) is 5.24. The van der Waals surface area contributed by atoms with E-state index in [1.165, 1.54) is 110 Å². The first kappa shape index (κ1) is 29.5. The van der Waals surface area contributed by atoms with Crippen LogP contribution in [0.4, 0.5) is 17.1 Å². The Morgan fingerprint density at radius 1 is 0.562 bits per heavy atom. The van der Waals surface area contributed by atoms with Crippen LogP contribution in [-0.2, 0) is 5.41 Å². The Morgan fingerprint density at radius 2 is 1.19 bits per heavy atom. The molecule has 7 aromatic rings. The summed E-state index contributed by atoms with van der Waals surface area (Å²) in [5.41, 5.74) is 11.8. The second-order valence-corrected chi connectivity index (χ2v) is 15.3. The maximum Gasteiger partial charge on any atom is 0.0491 e. The SMILES string of the molecule is Cc1cc(-c2ccccc2)ccc1N(c1ccc(-c2ccc(C34CCCC(CCC3)C4)cc2)cc1)c1ccc2sc3ccccc3c2c1. The van der Waals surface area contributed by atoms with Crippen molar-refractivity contribution in [1.29, 1.82) is 0 Å². The van der Waals surface area contributed by atoms with Crippen LogP contribution >= 0.6 is 11.3 Å². The molecule has 6 aromatic carbocycles. The van der Waals surface area contributed by atoms with Gasteiger partial charge < -0.3 is 4.90 Å². The Balaban J connectivity index is 1.09. The van der Waals surface area contributed by atoms with Crippen LogP contribution in [0.25, 0.3) is 42.4 Å². The second kappa shape index (κ2) is 12.1. The third-order valence-corrected chi connectivity index (χ3v) is 12.5. The molecule has 0 unspecified atom stereocenters. The molecule has 0 N–H and O–H groups in total. The lowest BCUT2D eigenvalue weighted by atomic mass is 9.59. The lowest BCUT2D eigenvalue weighted by Crippen LogP contribution is -2.36. The molecule has 2 heteroatoms. The van der Waals surface area contributed by atoms with Crippen molar-refractivity contribution in [2.45, 2.75) is 57.3 Å². The smallest absolute Gasteiger partial charge is 0.0491 e. The summed E-state index contributed by atoms with van der Waals surface area (Å²) in [6.45, 7) is 2.24. The summed E-state index contributed by atoms with van der Waals surface area (Å²) in [6.07, 6.45) is 9.81. The van der Waals surface area contributed by atoms with Gasteiger partial charge in [-0.25, -0.2) is 0 Å². The zero-order valence-electron chi connectivity index (χ0n) is 27.7. The van der Waals surface area contributed by atoms with Crippen LogP contribution in [0.15, 0.2) is 140 Å². The number of benzene rings is 6. The van der Waals surface area contributed by atoms with E-state index in [1.54, 1.807) is 5.56 Å². The molecular formula is C46H41NS. The molecule has 2 bridgehead atoms. The van der Waals surface area contributed by atoms with E-state index in [0.29, 0.717) is 5.41 Å². The van der Waals surface area contributed by atoms with Crippen molar-refractivity contribution in [2.24, 2.45) is 5.92 Å². The molecule has 48 heavy (non-hydrogen) atoms. The van der Waals surface area contributed by atoms with E-state index in [0.717, 1.165) is 5.92 Å². The van der Waals surface area contributed by atoms with Crippen LogP contribution in [-0.4, -0.2) is 0 Å². The van der Waals surface area contributed by atoms with Crippen molar-refractivity contribution >= 4 is 48.6 Å². The van der Waals surface area contributed by atoms with Crippen molar-refractivity contribution < 1.29 is 0 Å². The molecule has 0 radical (unpaired) electrons. The van der Waals surface area contributed by atoms with Gasteiger partial charge in [0.25, 0.3) is 0 Å². The van der Waals surface area contributed by atoms with Gasteiger partial charge in [-0.05, 0) is 119 Å². The molecule has 9 rings (SSSR count). The number of hydrogen-bond donors (Lipinski definition) is 0. The Labute approximate surface area is 288 Å². The van der Waals surface area contributed by atoms with Gasteiger partial charge in [-0.1, -0.05) is 117 Å². The number of anilines is 3. The van der Waals surface area contributed by atoms with Gasteiger partial charge >= 0.3 is 0 Å². The highest BCUT2D eigenvalue weighted by molar-refractivity contribution is 7.25. The lowest BCUT2D eigenvalue weighted by molar-refractivity contribution is 0.149. The zero-order chi connectivity index (χ0) is 32.1. The molecule has 236 valence electrons. The predicted molar refractivity (Wildman–Crippen MR) is 207 cm³/mol. The topological polar surface area (TPSA) is 3.24 Å². The average molecular weight is 640 g/mol. The fourth-order valence-corrected chi connectivity index (χ4v) is 10.00. The summed E-state index contributed by atoms with van der Waals surface area (Å²) in [5.74, 6) is 0.944. The zero-order valence-corrected chi connectivity index (χ0v) is 28.5. The first-order valence-electron chi connectivity index (χ1n) is 17.7. The first-order chi connectivity index (χ1) is 23.6. The third-order valence-electron chi connectivity index (χ3n) is 11.3. The Hall–Kier alpha value is -4.66. The molecule has 2 saturated carbocycles. The molecule has 0 aliphatic heterocycles. The normalized spacial score (nSPS) is 19.1. The van der Waals surface area contributed by atoms with Crippen molar-refractivity contribution in [3.8, 4) is 22.3 Å². The number of rotatable bonds is 6. The molecule has 1 heterocycles. The van der Waals surface area contributed by atoms with E-state index in [4.69, 9.17) is 0 Å². The Bertz CT molecular complexity index is 2220. The predicted octanol–water partition coefficient (Wildman–Crippen LogP) is 13.8. The monoisotopic (exact) mass is 639 g/mol. The van der Waals surface area contributed by atoms with E-state index >= 15 is 0 Å². The quantitative estimate of drug-likeness (QED) is 0.175. The van der Waals surface area contributed by atoms with Gasteiger partial charge in [-0.3, -0.25) is 0 Å². The molecule has 0 atom stereocenters. The second-order valence-electron chi connectivity index (χ2n) is 14.2. The van der Waals surface area contributed by atoms with E-state index in [-0.39, 0.29) is 0 Å². The van der Waals surface area contributed by atoms with Gasteiger partial charge in [0.2, 0.25) is 0 Å². The first-order valence-corrected chi connectivity index (χ1v) is 18.5. The highest BCUT2D eigenvalue weighted by Gasteiger charge is 2.40. The van der Waals surface area contributed by atoms with Gasteiger partial charge in [0, 0.05) is 37.2 Å². The van der Waals surface area contributed by atoms with Crippen LogP contribution in [0.3, 0.4) is 0 Å². The summed E-state index contributed by atoms with van der Waals surface area (Å²) in [6, 6.07) is 52.1. The van der Waals surface area contributed by atoms with Crippen LogP contribution in [0.2, 0.25) is 0 Å². The van der Waals surface area contributed by atoms with E-state index < -0.39 is 0 Å². The summed E-state index contributed by atoms with van der Waals surface area (Å²) in [5, 5.41) is 2.64. The number of hydrogen-bond acceptors (Lipinski definition) is 2. The average Bonchev–Trinajstić information content (AvgIpc) is 3.51. The van der Waals surface area contributed by atoms with Gasteiger partial charge in [-0.2, -0.15) is 0 Å². The van der Waals surface area contributed by atoms with Gasteiger partial charge in [0.1, 0.15) is 0 Å². The minimum Gasteiger partial charge on any atom is -0.310 e. The van der Waals surface area contributed by atoms with Crippen LogP contribution in [0.1, 0.15) is 56.1 Å². The molecule has 2 aliphatic rings. The molecule has 2 fully saturated rings. The van der Waals surface area contributed by atoms with Crippen LogP contribution in [0.5, 0.6) is 0 Å². The van der Waals surface area contributed by atoms with E-state index in [2.05, 4.69) is 151 Å². The number of fused-ring (bicyclic) bond motifs is 5. The molecule has 0 saturated heterocycles. The molecule has 1 nitrogen and oxygen atoms in total. The maximum absolute atomic E-state index is 2.45. The summed E-state index contributed by atoms with van der Waals surface area (Å²) in [4.78, 5) is 2.44. The fourth-order valence-electron chi connectivity index (χ4n) is 8.91. The van der Waals surface area contributed by atoms with Crippen molar-refractivity contribution in [2.75, 3.05) is 4.90 Å². The van der Waals surface area contributed by atoms with E-state index in [9.17, 15) is 0 Å². The maximum atomic E-state index is 2.45.